The molecule has 0 aliphatic carbocycles. The lowest BCUT2D eigenvalue weighted by atomic mass is 9.91. The summed E-state index contributed by atoms with van der Waals surface area (Å²) in [5.41, 5.74) is 4.74. The van der Waals surface area contributed by atoms with E-state index in [4.69, 9.17) is 0 Å². The molecule has 1 unspecified atom stereocenters. The van der Waals surface area contributed by atoms with Gasteiger partial charge in [-0.15, -0.1) is 11.3 Å². The number of rotatable bonds is 6. The van der Waals surface area contributed by atoms with Gasteiger partial charge in [-0.2, -0.15) is 0 Å². The van der Waals surface area contributed by atoms with Crippen LogP contribution in [0.25, 0.3) is 0 Å². The third-order valence-electron chi connectivity index (χ3n) is 3.20. The van der Waals surface area contributed by atoms with E-state index in [9.17, 15) is 0 Å². The highest BCUT2D eigenvalue weighted by atomic mass is 32.1. The van der Waals surface area contributed by atoms with Gasteiger partial charge in [-0.05, 0) is 31.0 Å². The van der Waals surface area contributed by atoms with Crippen LogP contribution in [-0.2, 0) is 6.42 Å². The molecule has 96 valence electrons. The van der Waals surface area contributed by atoms with Gasteiger partial charge in [0.1, 0.15) is 0 Å². The molecule has 1 aromatic heterocycles. The van der Waals surface area contributed by atoms with Gasteiger partial charge in [-0.3, -0.25) is 4.98 Å². The van der Waals surface area contributed by atoms with Gasteiger partial charge in [0.2, 0.25) is 0 Å². The Morgan fingerprint density at radius 1 is 1.33 bits per heavy atom. The summed E-state index contributed by atoms with van der Waals surface area (Å²) in [4.78, 5) is 5.53. The van der Waals surface area contributed by atoms with E-state index in [-0.39, 0.29) is 0 Å². The lowest BCUT2D eigenvalue weighted by molar-refractivity contribution is 0.595. The van der Waals surface area contributed by atoms with Gasteiger partial charge in [0.25, 0.3) is 0 Å². The fraction of sp³-hybridized carbons (Fsp3) is 0.400. The lowest BCUT2D eigenvalue weighted by Gasteiger charge is -2.19. The fourth-order valence-electron chi connectivity index (χ4n) is 2.24. The second-order valence-corrected chi connectivity index (χ2v) is 5.50. The number of hydrogen-bond donors (Lipinski definition) is 1. The Balaban J connectivity index is 2.16. The zero-order valence-electron chi connectivity index (χ0n) is 11.0. The molecule has 0 bridgehead atoms. The SMILES string of the molecule is CCNCC(Cc1cncs1)c1ccccc1C. The largest absolute Gasteiger partial charge is 0.316 e. The van der Waals surface area contributed by atoms with Crippen molar-refractivity contribution in [1.82, 2.24) is 10.3 Å². The molecule has 0 saturated carbocycles. The molecule has 2 nitrogen and oxygen atoms in total. The molecule has 18 heavy (non-hydrogen) atoms. The van der Waals surface area contributed by atoms with Crippen LogP contribution in [0.3, 0.4) is 0 Å². The van der Waals surface area contributed by atoms with Crippen LogP contribution in [0.1, 0.15) is 28.8 Å². The normalized spacial score (nSPS) is 12.6. The average molecular weight is 260 g/mol. The average Bonchev–Trinajstić information content (AvgIpc) is 2.88. The molecule has 2 rings (SSSR count). The Labute approximate surface area is 113 Å². The number of nitrogens with zero attached hydrogens (tertiary/aromatic N) is 1. The van der Waals surface area contributed by atoms with Crippen molar-refractivity contribution in [1.29, 1.82) is 0 Å². The number of likely N-dealkylation sites (N-methyl/N-ethyl adjacent to an activating group) is 1. The van der Waals surface area contributed by atoms with Crippen molar-refractivity contribution in [2.45, 2.75) is 26.2 Å². The first-order valence-electron chi connectivity index (χ1n) is 6.45. The summed E-state index contributed by atoms with van der Waals surface area (Å²) < 4.78 is 0. The molecule has 0 fully saturated rings. The van der Waals surface area contributed by atoms with E-state index < -0.39 is 0 Å². The summed E-state index contributed by atoms with van der Waals surface area (Å²) in [5, 5.41) is 3.47. The highest BCUT2D eigenvalue weighted by Crippen LogP contribution is 2.24. The van der Waals surface area contributed by atoms with Crippen molar-refractivity contribution in [3.63, 3.8) is 0 Å². The van der Waals surface area contributed by atoms with Gasteiger partial charge in [-0.25, -0.2) is 0 Å². The highest BCUT2D eigenvalue weighted by Gasteiger charge is 2.14. The Morgan fingerprint density at radius 3 is 2.83 bits per heavy atom. The van der Waals surface area contributed by atoms with E-state index >= 15 is 0 Å². The molecule has 1 N–H and O–H groups in total. The third-order valence-corrected chi connectivity index (χ3v) is 4.00. The Hall–Kier alpha value is -1.19. The van der Waals surface area contributed by atoms with Crippen LogP contribution in [0.15, 0.2) is 36.0 Å². The van der Waals surface area contributed by atoms with E-state index in [0.29, 0.717) is 5.92 Å². The van der Waals surface area contributed by atoms with Gasteiger partial charge < -0.3 is 5.32 Å². The predicted molar refractivity (Wildman–Crippen MR) is 78.3 cm³/mol. The maximum Gasteiger partial charge on any atom is 0.0794 e. The first kappa shape index (κ1) is 13.2. The predicted octanol–water partition coefficient (Wildman–Crippen LogP) is 3.39. The van der Waals surface area contributed by atoms with E-state index in [2.05, 4.69) is 48.4 Å². The van der Waals surface area contributed by atoms with Crippen LogP contribution in [-0.4, -0.2) is 18.1 Å². The summed E-state index contributed by atoms with van der Waals surface area (Å²) in [5.74, 6) is 0.534. The second-order valence-electron chi connectivity index (χ2n) is 4.53. The first-order chi connectivity index (χ1) is 8.81. The number of aromatic nitrogens is 1. The molecule has 0 radical (unpaired) electrons. The van der Waals surface area contributed by atoms with Crippen LogP contribution in [0.5, 0.6) is 0 Å². The smallest absolute Gasteiger partial charge is 0.0794 e. The molecule has 1 heterocycles. The Kier molecular flexibility index (Phi) is 4.90. The molecular formula is C15H20N2S. The van der Waals surface area contributed by atoms with Crippen molar-refractivity contribution in [3.05, 3.63) is 52.0 Å². The Bertz CT molecular complexity index is 465. The molecule has 3 heteroatoms. The number of nitrogens with one attached hydrogen (secondary N) is 1. The quantitative estimate of drug-likeness (QED) is 0.861. The van der Waals surface area contributed by atoms with Crippen molar-refractivity contribution in [3.8, 4) is 0 Å². The van der Waals surface area contributed by atoms with Crippen molar-refractivity contribution < 1.29 is 0 Å². The minimum absolute atomic E-state index is 0.534. The van der Waals surface area contributed by atoms with Crippen LogP contribution >= 0.6 is 11.3 Å². The molecule has 0 amide bonds. The van der Waals surface area contributed by atoms with E-state index in [1.165, 1.54) is 16.0 Å². The van der Waals surface area contributed by atoms with E-state index in [0.717, 1.165) is 19.5 Å². The fourth-order valence-corrected chi connectivity index (χ4v) is 2.92. The summed E-state index contributed by atoms with van der Waals surface area (Å²) in [6.45, 7) is 6.40. The van der Waals surface area contributed by atoms with Crippen LogP contribution in [0.4, 0.5) is 0 Å². The van der Waals surface area contributed by atoms with Crippen LogP contribution in [0, 0.1) is 6.92 Å². The maximum absolute atomic E-state index is 4.17. The zero-order valence-corrected chi connectivity index (χ0v) is 11.8. The maximum atomic E-state index is 4.17. The molecule has 0 aliphatic rings. The molecule has 0 saturated heterocycles. The highest BCUT2D eigenvalue weighted by molar-refractivity contribution is 7.09. The van der Waals surface area contributed by atoms with E-state index in [1.54, 1.807) is 11.3 Å². The monoisotopic (exact) mass is 260 g/mol. The third kappa shape index (κ3) is 3.40. The topological polar surface area (TPSA) is 24.9 Å². The molecule has 2 aromatic rings. The standard InChI is InChI=1S/C15H20N2S/c1-3-16-9-13(8-14-10-17-11-18-14)15-7-5-4-6-12(15)2/h4-7,10-11,13,16H,3,8-9H2,1-2H3. The van der Waals surface area contributed by atoms with Crippen molar-refractivity contribution in [2.24, 2.45) is 0 Å². The van der Waals surface area contributed by atoms with Crippen LogP contribution < -0.4 is 5.32 Å². The molecule has 1 atom stereocenters. The minimum atomic E-state index is 0.534. The first-order valence-corrected chi connectivity index (χ1v) is 7.32. The molecule has 1 aromatic carbocycles. The Morgan fingerprint density at radius 2 is 2.17 bits per heavy atom. The summed E-state index contributed by atoms with van der Waals surface area (Å²) in [6.07, 6.45) is 3.06. The van der Waals surface area contributed by atoms with Gasteiger partial charge >= 0.3 is 0 Å². The summed E-state index contributed by atoms with van der Waals surface area (Å²) in [7, 11) is 0. The van der Waals surface area contributed by atoms with Crippen LogP contribution in [0.2, 0.25) is 0 Å². The number of thiazole rings is 1. The number of benzene rings is 1. The number of aryl methyl sites for hydroxylation is 1. The lowest BCUT2D eigenvalue weighted by Crippen LogP contribution is -2.23. The second kappa shape index (κ2) is 6.66. The van der Waals surface area contributed by atoms with Gasteiger partial charge in [0.05, 0.1) is 5.51 Å². The molecule has 0 spiro atoms. The number of hydrogen-bond acceptors (Lipinski definition) is 3. The minimum Gasteiger partial charge on any atom is -0.316 e. The van der Waals surface area contributed by atoms with Gasteiger partial charge in [0.15, 0.2) is 0 Å². The summed E-state index contributed by atoms with van der Waals surface area (Å²) >= 11 is 1.75. The van der Waals surface area contributed by atoms with E-state index in [1.807, 2.05) is 11.7 Å². The zero-order chi connectivity index (χ0) is 12.8. The van der Waals surface area contributed by atoms with Crippen molar-refractivity contribution >= 4 is 11.3 Å². The summed E-state index contributed by atoms with van der Waals surface area (Å²) in [6, 6.07) is 8.68. The molecule has 0 aliphatic heterocycles. The van der Waals surface area contributed by atoms with Gasteiger partial charge in [-0.1, -0.05) is 31.2 Å². The molecular weight excluding hydrogens is 240 g/mol. The van der Waals surface area contributed by atoms with Gasteiger partial charge in [0, 0.05) is 23.5 Å². The van der Waals surface area contributed by atoms with Crippen molar-refractivity contribution in [2.75, 3.05) is 13.1 Å².